The van der Waals surface area contributed by atoms with Crippen LogP contribution in [0, 0.1) is 11.8 Å². The number of fused-ring (bicyclic) bond motifs is 1. The highest BCUT2D eigenvalue weighted by Gasteiger charge is 2.32. The molecule has 0 saturated carbocycles. The second-order valence-corrected chi connectivity index (χ2v) is 9.04. The number of carbonyl (C=O) groups excluding carboxylic acids is 1. The average Bonchev–Trinajstić information content (AvgIpc) is 2.73. The Balaban J connectivity index is 1.43. The third kappa shape index (κ3) is 3.96. The van der Waals surface area contributed by atoms with E-state index in [0.29, 0.717) is 0 Å². The first-order chi connectivity index (χ1) is 13.5. The smallest absolute Gasteiger partial charge is 0.227 e. The molecule has 0 N–H and O–H groups in total. The minimum absolute atomic E-state index is 0.235. The molecule has 1 aliphatic carbocycles. The molecule has 6 heteroatoms. The Bertz CT molecular complexity index is 703. The fourth-order valence-electron chi connectivity index (χ4n) is 5.29. The van der Waals surface area contributed by atoms with Gasteiger partial charge in [0, 0.05) is 52.8 Å². The monoisotopic (exact) mass is 385 g/mol. The van der Waals surface area contributed by atoms with Gasteiger partial charge < -0.3 is 14.7 Å². The first kappa shape index (κ1) is 19.5. The fourth-order valence-corrected chi connectivity index (χ4v) is 5.29. The number of amides is 1. The van der Waals surface area contributed by atoms with E-state index in [9.17, 15) is 4.79 Å². The highest BCUT2D eigenvalue weighted by atomic mass is 16.2. The van der Waals surface area contributed by atoms with Crippen molar-refractivity contribution >= 4 is 17.7 Å². The number of piperidine rings is 2. The van der Waals surface area contributed by atoms with Crippen molar-refractivity contribution < 1.29 is 4.79 Å². The molecule has 2 fully saturated rings. The number of anilines is 2. The molecular formula is C22H35N5O. The number of aromatic nitrogens is 2. The third-order valence-corrected chi connectivity index (χ3v) is 7.04. The summed E-state index contributed by atoms with van der Waals surface area (Å²) in [5.74, 6) is 3.89. The lowest BCUT2D eigenvalue weighted by Crippen LogP contribution is -2.42. The standard InChI is InChI=1S/C22H35N5O/c1-16(28)26-12-8-17(9-13-26)18-10-14-27(15-11-18)21-19-6-4-5-7-20(19)23-22(24-21)25(2)3/h17-18H,4-15H2,1-3H3. The SMILES string of the molecule is CC(=O)N1CCC(C2CCN(c3nc(N(C)C)nc4c3CCCC4)CC2)CC1. The van der Waals surface area contributed by atoms with Crippen LogP contribution in [0.4, 0.5) is 11.8 Å². The van der Waals surface area contributed by atoms with Crippen LogP contribution in [-0.2, 0) is 17.6 Å². The minimum atomic E-state index is 0.235. The summed E-state index contributed by atoms with van der Waals surface area (Å²) >= 11 is 0. The van der Waals surface area contributed by atoms with Crippen LogP contribution in [0.15, 0.2) is 0 Å². The zero-order valence-corrected chi connectivity index (χ0v) is 17.8. The molecule has 1 aromatic heterocycles. The Morgan fingerprint density at radius 1 is 0.929 bits per heavy atom. The topological polar surface area (TPSA) is 52.6 Å². The lowest BCUT2D eigenvalue weighted by molar-refractivity contribution is -0.130. The highest BCUT2D eigenvalue weighted by Crippen LogP contribution is 2.36. The summed E-state index contributed by atoms with van der Waals surface area (Å²) in [7, 11) is 4.07. The summed E-state index contributed by atoms with van der Waals surface area (Å²) in [5.41, 5.74) is 2.68. The molecule has 2 aliphatic heterocycles. The van der Waals surface area contributed by atoms with Crippen molar-refractivity contribution in [1.82, 2.24) is 14.9 Å². The maximum atomic E-state index is 11.6. The predicted molar refractivity (Wildman–Crippen MR) is 113 cm³/mol. The van der Waals surface area contributed by atoms with Gasteiger partial charge in [-0.3, -0.25) is 4.79 Å². The van der Waals surface area contributed by atoms with Crippen LogP contribution in [0.5, 0.6) is 0 Å². The Morgan fingerprint density at radius 2 is 1.54 bits per heavy atom. The van der Waals surface area contributed by atoms with Gasteiger partial charge in [-0.15, -0.1) is 0 Å². The van der Waals surface area contributed by atoms with E-state index in [0.717, 1.165) is 56.8 Å². The van der Waals surface area contributed by atoms with Crippen molar-refractivity contribution in [3.63, 3.8) is 0 Å². The first-order valence-corrected chi connectivity index (χ1v) is 11.1. The van der Waals surface area contributed by atoms with Gasteiger partial charge in [0.15, 0.2) is 0 Å². The van der Waals surface area contributed by atoms with Crippen molar-refractivity contribution in [3.05, 3.63) is 11.3 Å². The molecule has 0 bridgehead atoms. The number of aryl methyl sites for hydroxylation is 1. The van der Waals surface area contributed by atoms with Crippen LogP contribution in [0.2, 0.25) is 0 Å². The number of hydrogen-bond donors (Lipinski definition) is 0. The van der Waals surface area contributed by atoms with Gasteiger partial charge in [-0.1, -0.05) is 0 Å². The van der Waals surface area contributed by atoms with Gasteiger partial charge in [-0.25, -0.2) is 4.98 Å². The van der Waals surface area contributed by atoms with E-state index in [2.05, 4.69) is 4.90 Å². The second-order valence-electron chi connectivity index (χ2n) is 9.04. The number of carbonyl (C=O) groups is 1. The lowest BCUT2D eigenvalue weighted by Gasteiger charge is -2.41. The minimum Gasteiger partial charge on any atom is -0.356 e. The molecule has 0 radical (unpaired) electrons. The number of likely N-dealkylation sites (tertiary alicyclic amines) is 1. The molecule has 1 aromatic rings. The summed E-state index contributed by atoms with van der Waals surface area (Å²) in [6, 6.07) is 0. The Hall–Kier alpha value is -1.85. The van der Waals surface area contributed by atoms with Crippen LogP contribution >= 0.6 is 0 Å². The van der Waals surface area contributed by atoms with E-state index in [1.807, 2.05) is 23.9 Å². The molecule has 3 heterocycles. The molecular weight excluding hydrogens is 350 g/mol. The van der Waals surface area contributed by atoms with Crippen molar-refractivity contribution in [1.29, 1.82) is 0 Å². The zero-order chi connectivity index (χ0) is 19.7. The van der Waals surface area contributed by atoms with E-state index in [-0.39, 0.29) is 5.91 Å². The fraction of sp³-hybridized carbons (Fsp3) is 0.773. The van der Waals surface area contributed by atoms with Gasteiger partial charge in [-0.05, 0) is 63.2 Å². The quantitative estimate of drug-likeness (QED) is 0.801. The van der Waals surface area contributed by atoms with Crippen LogP contribution in [0.1, 0.15) is 56.7 Å². The maximum absolute atomic E-state index is 11.6. The van der Waals surface area contributed by atoms with E-state index < -0.39 is 0 Å². The van der Waals surface area contributed by atoms with E-state index in [1.54, 1.807) is 6.92 Å². The summed E-state index contributed by atoms with van der Waals surface area (Å²) in [5, 5.41) is 0. The maximum Gasteiger partial charge on any atom is 0.227 e. The summed E-state index contributed by atoms with van der Waals surface area (Å²) < 4.78 is 0. The van der Waals surface area contributed by atoms with Crippen molar-refractivity contribution in [3.8, 4) is 0 Å². The molecule has 28 heavy (non-hydrogen) atoms. The molecule has 0 unspecified atom stereocenters. The predicted octanol–water partition coefficient (Wildman–Crippen LogP) is 2.90. The molecule has 0 aromatic carbocycles. The number of nitrogens with zero attached hydrogens (tertiary/aromatic N) is 5. The molecule has 6 nitrogen and oxygen atoms in total. The summed E-state index contributed by atoms with van der Waals surface area (Å²) in [4.78, 5) is 28.0. The van der Waals surface area contributed by atoms with Gasteiger partial charge in [0.05, 0.1) is 5.69 Å². The van der Waals surface area contributed by atoms with Gasteiger partial charge in [-0.2, -0.15) is 4.98 Å². The van der Waals surface area contributed by atoms with Gasteiger partial charge in [0.1, 0.15) is 5.82 Å². The number of rotatable bonds is 3. The van der Waals surface area contributed by atoms with Crippen LogP contribution in [-0.4, -0.2) is 61.0 Å². The largest absolute Gasteiger partial charge is 0.356 e. The van der Waals surface area contributed by atoms with Gasteiger partial charge in [0.25, 0.3) is 0 Å². The molecule has 4 rings (SSSR count). The average molecular weight is 386 g/mol. The van der Waals surface area contributed by atoms with Crippen LogP contribution < -0.4 is 9.80 Å². The molecule has 0 spiro atoms. The molecule has 1 amide bonds. The number of hydrogen-bond acceptors (Lipinski definition) is 5. The zero-order valence-electron chi connectivity index (χ0n) is 17.8. The van der Waals surface area contributed by atoms with Crippen molar-refractivity contribution in [2.75, 3.05) is 50.1 Å². The molecule has 154 valence electrons. The third-order valence-electron chi connectivity index (χ3n) is 7.04. The van der Waals surface area contributed by atoms with Crippen LogP contribution in [0.25, 0.3) is 0 Å². The Kier molecular flexibility index (Phi) is 5.74. The second kappa shape index (κ2) is 8.26. The van der Waals surface area contributed by atoms with E-state index >= 15 is 0 Å². The molecule has 0 atom stereocenters. The van der Waals surface area contributed by atoms with E-state index in [1.165, 1.54) is 55.6 Å². The Morgan fingerprint density at radius 3 is 2.14 bits per heavy atom. The summed E-state index contributed by atoms with van der Waals surface area (Å²) in [6.45, 7) is 5.81. The lowest BCUT2D eigenvalue weighted by atomic mass is 9.78. The Labute approximate surface area is 169 Å². The van der Waals surface area contributed by atoms with Gasteiger partial charge in [0.2, 0.25) is 11.9 Å². The van der Waals surface area contributed by atoms with Crippen LogP contribution in [0.3, 0.4) is 0 Å². The molecule has 3 aliphatic rings. The van der Waals surface area contributed by atoms with Crippen molar-refractivity contribution in [2.45, 2.75) is 58.3 Å². The highest BCUT2D eigenvalue weighted by molar-refractivity contribution is 5.73. The summed E-state index contributed by atoms with van der Waals surface area (Å²) in [6.07, 6.45) is 9.59. The normalized spacial score (nSPS) is 21.5. The van der Waals surface area contributed by atoms with E-state index in [4.69, 9.17) is 9.97 Å². The van der Waals surface area contributed by atoms with Crippen molar-refractivity contribution in [2.24, 2.45) is 11.8 Å². The van der Waals surface area contributed by atoms with Gasteiger partial charge >= 0.3 is 0 Å². The first-order valence-electron chi connectivity index (χ1n) is 11.1. The molecule has 2 saturated heterocycles.